The Kier molecular flexibility index (Phi) is 9.83. The smallest absolute Gasteiger partial charge is 0.259 e. The second-order valence-electron chi connectivity index (χ2n) is 14.5. The first kappa shape index (κ1) is 35.4. The van der Waals surface area contributed by atoms with Gasteiger partial charge in [-0.2, -0.15) is 0 Å². The number of amides is 3. The summed E-state index contributed by atoms with van der Waals surface area (Å²) in [7, 11) is -2.23. The number of hydrogen-bond donors (Lipinski definition) is 2. The molecule has 4 aliphatic rings. The van der Waals surface area contributed by atoms with E-state index in [0.29, 0.717) is 48.4 Å². The summed E-state index contributed by atoms with van der Waals surface area (Å²) in [6.45, 7) is 4.36. The van der Waals surface area contributed by atoms with Crippen LogP contribution in [0.2, 0.25) is 0 Å². The Morgan fingerprint density at radius 2 is 1.92 bits per heavy atom. The molecule has 12 nitrogen and oxygen atoms in total. The zero-order chi connectivity index (χ0) is 35.9. The molecule has 0 spiro atoms. The minimum Gasteiger partial charge on any atom is -0.497 e. The van der Waals surface area contributed by atoms with Crippen LogP contribution in [0.4, 0.5) is 0 Å². The molecule has 7 rings (SSSR count). The Hall–Kier alpha value is -4.04. The molecule has 3 amide bonds. The van der Waals surface area contributed by atoms with Gasteiger partial charge >= 0.3 is 0 Å². The largest absolute Gasteiger partial charge is 0.497 e. The molecule has 3 fully saturated rings. The number of benzene rings is 1. The summed E-state index contributed by atoms with van der Waals surface area (Å²) in [5.74, 6) is -0.260. The predicted octanol–water partition coefficient (Wildman–Crippen LogP) is 5.23. The summed E-state index contributed by atoms with van der Waals surface area (Å²) in [6, 6.07) is 6.51. The SMILES string of the molecule is COc1ccc2c(O[C@@H]3C[C@H]4C(=O)N[C@]5(C(=O)NS(=O)(=O)C6CC6)C[C@H]5C=CCCCCCCC(=O)N4C3)cc(-c3nc(C(C)C)cs3)nc2c1. The van der Waals surface area contributed by atoms with E-state index in [1.807, 2.05) is 41.8 Å². The number of carbonyl (C=O) groups is 3. The van der Waals surface area contributed by atoms with E-state index in [1.54, 1.807) is 12.0 Å². The van der Waals surface area contributed by atoms with Crippen molar-refractivity contribution in [2.75, 3.05) is 13.7 Å². The van der Waals surface area contributed by atoms with Crippen LogP contribution in [0, 0.1) is 5.92 Å². The lowest BCUT2D eigenvalue weighted by atomic mass is 10.1. The van der Waals surface area contributed by atoms with Gasteiger partial charge < -0.3 is 19.7 Å². The molecule has 2 aromatic heterocycles. The number of methoxy groups -OCH3 is 1. The molecule has 2 aliphatic carbocycles. The Labute approximate surface area is 302 Å². The summed E-state index contributed by atoms with van der Waals surface area (Å²) in [5.41, 5.74) is 0.874. The van der Waals surface area contributed by atoms with E-state index in [4.69, 9.17) is 19.4 Å². The van der Waals surface area contributed by atoms with Crippen LogP contribution < -0.4 is 19.5 Å². The van der Waals surface area contributed by atoms with Crippen LogP contribution in [-0.4, -0.2) is 77.6 Å². The van der Waals surface area contributed by atoms with E-state index in [-0.39, 0.29) is 37.1 Å². The number of thiazole rings is 1. The first-order valence-electron chi connectivity index (χ1n) is 17.9. The van der Waals surface area contributed by atoms with E-state index in [1.165, 1.54) is 11.3 Å². The topological polar surface area (TPSA) is 157 Å². The molecule has 4 heterocycles. The van der Waals surface area contributed by atoms with Crippen LogP contribution in [0.3, 0.4) is 0 Å². The quantitative estimate of drug-likeness (QED) is 0.296. The first-order valence-corrected chi connectivity index (χ1v) is 20.4. The molecule has 4 atom stereocenters. The van der Waals surface area contributed by atoms with Crippen molar-refractivity contribution in [3.63, 3.8) is 0 Å². The number of hydrogen-bond acceptors (Lipinski definition) is 10. The van der Waals surface area contributed by atoms with Gasteiger partial charge in [-0.3, -0.25) is 19.1 Å². The van der Waals surface area contributed by atoms with Gasteiger partial charge in [0.05, 0.1) is 30.1 Å². The summed E-state index contributed by atoms with van der Waals surface area (Å²) in [5, 5.41) is 5.88. The van der Waals surface area contributed by atoms with Gasteiger partial charge in [-0.15, -0.1) is 11.3 Å². The third-order valence-corrected chi connectivity index (χ3v) is 13.0. The number of pyridine rings is 1. The minimum atomic E-state index is -3.83. The molecule has 51 heavy (non-hydrogen) atoms. The van der Waals surface area contributed by atoms with E-state index < -0.39 is 44.8 Å². The van der Waals surface area contributed by atoms with Crippen molar-refractivity contribution < 1.29 is 32.3 Å². The molecule has 0 unspecified atom stereocenters. The van der Waals surface area contributed by atoms with E-state index in [9.17, 15) is 22.8 Å². The first-order chi connectivity index (χ1) is 24.5. The Bertz CT molecular complexity index is 1970. The van der Waals surface area contributed by atoms with Gasteiger partial charge in [-0.05, 0) is 56.6 Å². The fourth-order valence-corrected chi connectivity index (χ4v) is 9.33. The van der Waals surface area contributed by atoms with Crippen molar-refractivity contribution in [2.45, 2.75) is 107 Å². The minimum absolute atomic E-state index is 0.148. The van der Waals surface area contributed by atoms with E-state index in [2.05, 4.69) is 23.9 Å². The van der Waals surface area contributed by atoms with Crippen LogP contribution in [0.5, 0.6) is 11.5 Å². The van der Waals surface area contributed by atoms with Crippen molar-refractivity contribution >= 4 is 50.0 Å². The normalized spacial score (nSPS) is 25.8. The summed E-state index contributed by atoms with van der Waals surface area (Å²) >= 11 is 1.51. The van der Waals surface area contributed by atoms with Gasteiger partial charge in [0.2, 0.25) is 21.8 Å². The summed E-state index contributed by atoms with van der Waals surface area (Å²) < 4.78 is 39.9. The van der Waals surface area contributed by atoms with Gasteiger partial charge in [-0.1, -0.05) is 38.8 Å². The third kappa shape index (κ3) is 7.48. The number of aromatic nitrogens is 2. The van der Waals surface area contributed by atoms with Crippen molar-refractivity contribution in [3.8, 4) is 22.2 Å². The molecule has 2 N–H and O–H groups in total. The Morgan fingerprint density at radius 3 is 2.67 bits per heavy atom. The average molecular weight is 736 g/mol. The van der Waals surface area contributed by atoms with Crippen molar-refractivity contribution in [1.82, 2.24) is 24.9 Å². The van der Waals surface area contributed by atoms with Crippen molar-refractivity contribution in [2.24, 2.45) is 5.92 Å². The van der Waals surface area contributed by atoms with Gasteiger partial charge in [-0.25, -0.2) is 18.4 Å². The fraction of sp³-hybridized carbons (Fsp3) is 0.541. The number of sulfonamides is 1. The second-order valence-corrected chi connectivity index (χ2v) is 17.3. The highest BCUT2D eigenvalue weighted by molar-refractivity contribution is 7.91. The molecular weight excluding hydrogens is 691 g/mol. The molecule has 3 aromatic rings. The molecule has 14 heteroatoms. The molecule has 2 saturated carbocycles. The highest BCUT2D eigenvalue weighted by Gasteiger charge is 2.62. The maximum absolute atomic E-state index is 14.2. The number of carbonyl (C=O) groups excluding carboxylic acids is 3. The zero-order valence-corrected chi connectivity index (χ0v) is 30.9. The van der Waals surface area contributed by atoms with Crippen LogP contribution in [-0.2, 0) is 24.4 Å². The van der Waals surface area contributed by atoms with Gasteiger partial charge in [0.1, 0.15) is 39.9 Å². The lowest BCUT2D eigenvalue weighted by Crippen LogP contribution is -2.56. The number of rotatable bonds is 8. The van der Waals surface area contributed by atoms with Crippen LogP contribution in [0.15, 0.2) is 41.8 Å². The average Bonchev–Trinajstić information content (AvgIpc) is 3.97. The van der Waals surface area contributed by atoms with Gasteiger partial charge in [0, 0.05) is 41.7 Å². The Morgan fingerprint density at radius 1 is 1.12 bits per heavy atom. The molecule has 272 valence electrons. The maximum atomic E-state index is 14.2. The Balaban J connectivity index is 1.18. The van der Waals surface area contributed by atoms with Crippen LogP contribution in [0.25, 0.3) is 21.6 Å². The fourth-order valence-electron chi connectivity index (χ4n) is 7.03. The number of allylic oxidation sites excluding steroid dienone is 1. The molecule has 1 aromatic carbocycles. The monoisotopic (exact) mass is 735 g/mol. The zero-order valence-electron chi connectivity index (χ0n) is 29.2. The maximum Gasteiger partial charge on any atom is 0.259 e. The predicted molar refractivity (Wildman–Crippen MR) is 194 cm³/mol. The summed E-state index contributed by atoms with van der Waals surface area (Å²) in [6.07, 6.45) is 9.49. The number of nitrogens with zero attached hydrogens (tertiary/aromatic N) is 3. The van der Waals surface area contributed by atoms with Gasteiger partial charge in [0.15, 0.2) is 0 Å². The molecule has 0 bridgehead atoms. The molecule has 0 radical (unpaired) electrons. The van der Waals surface area contributed by atoms with Crippen LogP contribution >= 0.6 is 11.3 Å². The standard InChI is InChI=1S/C37H45N5O7S2/c1-22(2)30-21-50-35(39-30)29-18-32(27-15-12-24(48-3)16-28(27)38-29)49-25-17-31-34(44)40-37(36(45)41-51(46,47)26-13-14-26)19-23(37)10-8-6-4-5-7-9-11-33(43)42(31)20-25/h8,10,12,15-16,18,21-23,25-26,31H,4-7,9,11,13-14,17,19-20H2,1-3H3,(H,40,44)(H,41,45)/t23-,25-,31+,37-/m1/s1. The molecule has 1 saturated heterocycles. The molecular formula is C37H45N5O7S2. The van der Waals surface area contributed by atoms with Gasteiger partial charge in [0.25, 0.3) is 5.91 Å². The molecule has 2 aliphatic heterocycles. The van der Waals surface area contributed by atoms with E-state index >= 15 is 0 Å². The highest BCUT2D eigenvalue weighted by Crippen LogP contribution is 2.46. The summed E-state index contributed by atoms with van der Waals surface area (Å²) in [4.78, 5) is 52.8. The lowest BCUT2D eigenvalue weighted by Gasteiger charge is -2.26. The van der Waals surface area contributed by atoms with Crippen molar-refractivity contribution in [1.29, 1.82) is 0 Å². The van der Waals surface area contributed by atoms with Crippen LogP contribution in [0.1, 0.15) is 89.7 Å². The third-order valence-electron chi connectivity index (χ3n) is 10.3. The van der Waals surface area contributed by atoms with Crippen molar-refractivity contribution in [3.05, 3.63) is 47.5 Å². The number of ether oxygens (including phenoxy) is 2. The number of fused-ring (bicyclic) bond motifs is 3. The number of nitrogens with one attached hydrogen (secondary N) is 2. The second kappa shape index (κ2) is 14.2. The highest BCUT2D eigenvalue weighted by atomic mass is 32.2. The van der Waals surface area contributed by atoms with E-state index in [0.717, 1.165) is 41.8 Å². The lowest BCUT2D eigenvalue weighted by molar-refractivity contribution is -0.139.